The van der Waals surface area contributed by atoms with Crippen molar-refractivity contribution in [1.29, 1.82) is 5.26 Å². The van der Waals surface area contributed by atoms with E-state index in [0.717, 1.165) is 0 Å². The first-order valence-electron chi connectivity index (χ1n) is 11.5. The van der Waals surface area contributed by atoms with E-state index in [4.69, 9.17) is 16.9 Å². The first-order valence-corrected chi connectivity index (χ1v) is 11.9. The number of anilines is 2. The second-order valence-electron chi connectivity index (χ2n) is 8.77. The second kappa shape index (κ2) is 12.4. The van der Waals surface area contributed by atoms with Crippen LogP contribution in [0.1, 0.15) is 28.8 Å². The smallest absolute Gasteiger partial charge is 0.367 e. The Morgan fingerprint density at radius 1 is 1.17 bits per heavy atom. The van der Waals surface area contributed by atoms with Crippen molar-refractivity contribution in [3.63, 3.8) is 0 Å². The number of nitrogens with one attached hydrogen (secondary N) is 1. The summed E-state index contributed by atoms with van der Waals surface area (Å²) in [4.78, 5) is 18.5. The molecule has 0 aromatic heterocycles. The standard InChI is InChI=1S/C25H28ClF4N5O/c1-33(9-2-8-31)17-18-3-5-20(21(27)15-18)24(36)32-22-6-4-19(26)16-23(22)35-13-11-34(12-14-35)10-7-25(28,29)30/h3-6,15-16H,2,7,9-14,17H2,1H3,(H,32,36). The lowest BCUT2D eigenvalue weighted by Crippen LogP contribution is -2.47. The summed E-state index contributed by atoms with van der Waals surface area (Å²) in [6, 6.07) is 11.4. The zero-order valence-corrected chi connectivity index (χ0v) is 20.7. The number of alkyl halides is 3. The predicted octanol–water partition coefficient (Wildman–Crippen LogP) is 5.15. The molecule has 2 aromatic rings. The lowest BCUT2D eigenvalue weighted by Gasteiger charge is -2.37. The summed E-state index contributed by atoms with van der Waals surface area (Å²) in [5.41, 5.74) is 1.63. The fourth-order valence-corrected chi connectivity index (χ4v) is 4.20. The van der Waals surface area contributed by atoms with Gasteiger partial charge in [0.1, 0.15) is 5.82 Å². The van der Waals surface area contributed by atoms with E-state index in [0.29, 0.717) is 67.7 Å². The highest BCUT2D eigenvalue weighted by Crippen LogP contribution is 2.31. The lowest BCUT2D eigenvalue weighted by molar-refractivity contribution is -0.138. The van der Waals surface area contributed by atoms with Crippen molar-refractivity contribution in [2.24, 2.45) is 0 Å². The highest BCUT2D eigenvalue weighted by Gasteiger charge is 2.29. The molecule has 6 nitrogen and oxygen atoms in total. The van der Waals surface area contributed by atoms with Crippen LogP contribution in [0.5, 0.6) is 0 Å². The van der Waals surface area contributed by atoms with Crippen molar-refractivity contribution in [3.05, 3.63) is 58.4 Å². The van der Waals surface area contributed by atoms with Gasteiger partial charge in [-0.25, -0.2) is 4.39 Å². The summed E-state index contributed by atoms with van der Waals surface area (Å²) in [6.07, 6.45) is -4.68. The molecule has 0 spiro atoms. The van der Waals surface area contributed by atoms with Crippen LogP contribution < -0.4 is 10.2 Å². The SMILES string of the molecule is CN(CCC#N)Cc1ccc(C(=O)Nc2ccc(Cl)cc2N2CCN(CCC(F)(F)F)CC2)c(F)c1. The van der Waals surface area contributed by atoms with Crippen LogP contribution in [0.2, 0.25) is 5.02 Å². The van der Waals surface area contributed by atoms with Gasteiger partial charge in [0.25, 0.3) is 5.91 Å². The molecule has 0 aliphatic carbocycles. The van der Waals surface area contributed by atoms with Gasteiger partial charge in [0, 0.05) is 57.3 Å². The van der Waals surface area contributed by atoms with E-state index in [9.17, 15) is 22.4 Å². The molecule has 0 atom stereocenters. The Morgan fingerprint density at radius 2 is 1.89 bits per heavy atom. The second-order valence-corrected chi connectivity index (χ2v) is 9.21. The molecular weight excluding hydrogens is 498 g/mol. The van der Waals surface area contributed by atoms with Gasteiger partial charge < -0.3 is 15.1 Å². The molecule has 2 aromatic carbocycles. The van der Waals surface area contributed by atoms with Gasteiger partial charge in [-0.3, -0.25) is 9.69 Å². The van der Waals surface area contributed by atoms with E-state index in [-0.39, 0.29) is 12.1 Å². The quantitative estimate of drug-likeness (QED) is 0.459. The molecule has 36 heavy (non-hydrogen) atoms. The van der Waals surface area contributed by atoms with Gasteiger partial charge in [-0.05, 0) is 42.9 Å². The van der Waals surface area contributed by atoms with E-state index >= 15 is 0 Å². The molecule has 0 bridgehead atoms. The number of piperazine rings is 1. The average molecular weight is 526 g/mol. The molecule has 0 saturated carbocycles. The van der Waals surface area contributed by atoms with E-state index in [1.165, 1.54) is 12.1 Å². The van der Waals surface area contributed by atoms with Crippen molar-refractivity contribution in [2.45, 2.75) is 25.6 Å². The van der Waals surface area contributed by atoms with E-state index in [1.807, 2.05) is 16.8 Å². The molecule has 1 amide bonds. The number of hydrogen-bond donors (Lipinski definition) is 1. The largest absolute Gasteiger partial charge is 0.390 e. The number of hydrogen-bond acceptors (Lipinski definition) is 5. The molecule has 1 aliphatic heterocycles. The molecule has 1 N–H and O–H groups in total. The fourth-order valence-electron chi connectivity index (χ4n) is 4.03. The topological polar surface area (TPSA) is 62.6 Å². The number of carbonyl (C=O) groups is 1. The van der Waals surface area contributed by atoms with Gasteiger partial charge in [0.2, 0.25) is 0 Å². The highest BCUT2D eigenvalue weighted by atomic mass is 35.5. The van der Waals surface area contributed by atoms with Gasteiger partial charge in [-0.1, -0.05) is 17.7 Å². The Kier molecular flexibility index (Phi) is 9.54. The van der Waals surface area contributed by atoms with Crippen LogP contribution in [-0.4, -0.2) is 68.2 Å². The van der Waals surface area contributed by atoms with Gasteiger partial charge in [-0.2, -0.15) is 18.4 Å². The summed E-state index contributed by atoms with van der Waals surface area (Å²) >= 11 is 6.18. The Labute approximate surface area is 213 Å². The third-order valence-corrected chi connectivity index (χ3v) is 6.20. The Hall–Kier alpha value is -2.87. The maximum absolute atomic E-state index is 14.8. The Balaban J connectivity index is 1.67. The lowest BCUT2D eigenvalue weighted by atomic mass is 10.1. The number of rotatable bonds is 9. The van der Waals surface area contributed by atoms with Crippen LogP contribution in [0, 0.1) is 17.1 Å². The number of halogens is 5. The first-order chi connectivity index (χ1) is 17.1. The fraction of sp³-hybridized carbons (Fsp3) is 0.440. The number of nitrogens with zero attached hydrogens (tertiary/aromatic N) is 4. The first kappa shape index (κ1) is 27.7. The summed E-state index contributed by atoms with van der Waals surface area (Å²) in [6.45, 7) is 2.74. The average Bonchev–Trinajstić information content (AvgIpc) is 2.82. The Morgan fingerprint density at radius 3 is 2.53 bits per heavy atom. The van der Waals surface area contributed by atoms with Crippen molar-refractivity contribution in [3.8, 4) is 6.07 Å². The molecule has 0 unspecified atom stereocenters. The number of amides is 1. The third kappa shape index (κ3) is 8.08. The van der Waals surface area contributed by atoms with Crippen LogP contribution >= 0.6 is 11.6 Å². The summed E-state index contributed by atoms with van der Waals surface area (Å²) in [5.74, 6) is -1.28. The molecule has 0 radical (unpaired) electrons. The van der Waals surface area contributed by atoms with Gasteiger partial charge >= 0.3 is 6.18 Å². The molecule has 194 valence electrons. The molecule has 11 heteroatoms. The molecule has 1 fully saturated rings. The highest BCUT2D eigenvalue weighted by molar-refractivity contribution is 6.31. The van der Waals surface area contributed by atoms with Crippen LogP contribution in [0.4, 0.5) is 28.9 Å². The third-order valence-electron chi connectivity index (χ3n) is 5.97. The minimum atomic E-state index is -4.19. The molecule has 1 saturated heterocycles. The summed E-state index contributed by atoms with van der Waals surface area (Å²) in [7, 11) is 1.83. The molecule has 1 aliphatic rings. The van der Waals surface area contributed by atoms with Crippen molar-refractivity contribution < 1.29 is 22.4 Å². The molecule has 1 heterocycles. The molecular formula is C25H28ClF4N5O. The van der Waals surface area contributed by atoms with Crippen molar-refractivity contribution >= 4 is 28.9 Å². The zero-order chi connectivity index (χ0) is 26.3. The summed E-state index contributed by atoms with van der Waals surface area (Å²) in [5, 5.41) is 11.9. The number of carbonyl (C=O) groups excluding carboxylic acids is 1. The zero-order valence-electron chi connectivity index (χ0n) is 19.9. The van der Waals surface area contributed by atoms with Crippen LogP contribution in [0.3, 0.4) is 0 Å². The number of nitriles is 1. The van der Waals surface area contributed by atoms with Crippen LogP contribution in [0.25, 0.3) is 0 Å². The van der Waals surface area contributed by atoms with Gasteiger partial charge in [-0.15, -0.1) is 0 Å². The summed E-state index contributed by atoms with van der Waals surface area (Å²) < 4.78 is 52.4. The van der Waals surface area contributed by atoms with E-state index in [1.54, 1.807) is 29.2 Å². The molecule has 3 rings (SSSR count). The minimum absolute atomic E-state index is 0.0557. The maximum Gasteiger partial charge on any atom is 0.390 e. The van der Waals surface area contributed by atoms with Crippen LogP contribution in [-0.2, 0) is 6.54 Å². The normalized spacial score (nSPS) is 14.7. The van der Waals surface area contributed by atoms with E-state index < -0.39 is 24.3 Å². The van der Waals surface area contributed by atoms with Crippen molar-refractivity contribution in [2.75, 3.05) is 56.5 Å². The monoisotopic (exact) mass is 525 g/mol. The Bertz CT molecular complexity index is 1100. The predicted molar refractivity (Wildman–Crippen MR) is 132 cm³/mol. The number of benzene rings is 2. The van der Waals surface area contributed by atoms with Crippen LogP contribution in [0.15, 0.2) is 36.4 Å². The van der Waals surface area contributed by atoms with Gasteiger partial charge in [0.05, 0.1) is 29.4 Å². The maximum atomic E-state index is 14.8. The van der Waals surface area contributed by atoms with E-state index in [2.05, 4.69) is 11.4 Å². The minimum Gasteiger partial charge on any atom is -0.367 e. The van der Waals surface area contributed by atoms with Crippen molar-refractivity contribution in [1.82, 2.24) is 9.80 Å². The van der Waals surface area contributed by atoms with Gasteiger partial charge in [0.15, 0.2) is 0 Å².